The smallest absolute Gasteiger partial charge is 0.227 e. The first kappa shape index (κ1) is 24.4. The van der Waals surface area contributed by atoms with E-state index in [1.54, 1.807) is 36.4 Å². The predicted molar refractivity (Wildman–Crippen MR) is 125 cm³/mol. The zero-order chi connectivity index (χ0) is 23.1. The molecule has 1 aliphatic heterocycles. The number of aryl methyl sites for hydroxylation is 1. The van der Waals surface area contributed by atoms with E-state index >= 15 is 0 Å². The number of likely N-dealkylation sites (tertiary alicyclic amines) is 1. The number of hydrogen-bond acceptors (Lipinski definition) is 4. The quantitative estimate of drug-likeness (QED) is 0.572. The van der Waals surface area contributed by atoms with E-state index in [9.17, 15) is 17.6 Å². The Morgan fingerprint density at radius 1 is 1.09 bits per heavy atom. The summed E-state index contributed by atoms with van der Waals surface area (Å²) in [5, 5.41) is 0. The van der Waals surface area contributed by atoms with Crippen LogP contribution in [0.3, 0.4) is 0 Å². The number of halogens is 1. The Balaban J connectivity index is 1.46. The molecule has 1 saturated heterocycles. The van der Waals surface area contributed by atoms with Crippen molar-refractivity contribution >= 4 is 15.7 Å². The zero-order valence-corrected chi connectivity index (χ0v) is 19.8. The van der Waals surface area contributed by atoms with Gasteiger partial charge >= 0.3 is 0 Å². The Hall–Kier alpha value is -2.25. The summed E-state index contributed by atoms with van der Waals surface area (Å²) in [5.41, 5.74) is 1.86. The van der Waals surface area contributed by atoms with Crippen molar-refractivity contribution < 1.29 is 17.6 Å². The molecule has 2 aromatic carbocycles. The van der Waals surface area contributed by atoms with E-state index in [0.717, 1.165) is 56.4 Å². The molecule has 174 valence electrons. The Morgan fingerprint density at radius 3 is 2.38 bits per heavy atom. The lowest BCUT2D eigenvalue weighted by Gasteiger charge is -2.38. The fraction of sp³-hybridized carbons (Fsp3) is 0.480. The molecular formula is C25H33FN2O3S. The fourth-order valence-corrected chi connectivity index (χ4v) is 5.05. The molecule has 7 heteroatoms. The highest BCUT2D eigenvalue weighted by Crippen LogP contribution is 2.19. The largest absolute Gasteiger partial charge is 0.340 e. The standard InChI is InChI=1S/C25H33FN2O3S/c1-3-28(25(29)19-21-9-11-24(12-10-21)32(2,30)31)23-13-16-27(17-14-23)15-5-7-20-6-4-8-22(26)18-20/h4,6,8-12,18,23H,3,5,7,13-17,19H2,1-2H3. The van der Waals surface area contributed by atoms with Gasteiger partial charge in [-0.05, 0) is 74.5 Å². The number of nitrogens with zero attached hydrogens (tertiary/aromatic N) is 2. The highest BCUT2D eigenvalue weighted by Gasteiger charge is 2.26. The molecule has 0 unspecified atom stereocenters. The molecule has 0 atom stereocenters. The average Bonchev–Trinajstić information content (AvgIpc) is 2.75. The van der Waals surface area contributed by atoms with E-state index in [0.29, 0.717) is 6.54 Å². The van der Waals surface area contributed by atoms with Gasteiger partial charge in [0.05, 0.1) is 11.3 Å². The van der Waals surface area contributed by atoms with Gasteiger partial charge in [0.1, 0.15) is 5.82 Å². The van der Waals surface area contributed by atoms with Crippen LogP contribution in [0.4, 0.5) is 4.39 Å². The van der Waals surface area contributed by atoms with E-state index in [1.807, 2.05) is 17.9 Å². The number of benzene rings is 2. The first-order valence-electron chi connectivity index (χ1n) is 11.3. The van der Waals surface area contributed by atoms with Gasteiger partial charge in [-0.15, -0.1) is 0 Å². The number of carbonyl (C=O) groups is 1. The van der Waals surface area contributed by atoms with Crippen molar-refractivity contribution in [1.82, 2.24) is 9.80 Å². The van der Waals surface area contributed by atoms with Crippen LogP contribution in [0, 0.1) is 5.82 Å². The van der Waals surface area contributed by atoms with Gasteiger partial charge in [0.2, 0.25) is 5.91 Å². The molecule has 1 heterocycles. The van der Waals surface area contributed by atoms with Gasteiger partial charge in [-0.25, -0.2) is 12.8 Å². The summed E-state index contributed by atoms with van der Waals surface area (Å²) in [6.07, 6.45) is 5.23. The highest BCUT2D eigenvalue weighted by molar-refractivity contribution is 7.90. The highest BCUT2D eigenvalue weighted by atomic mass is 32.2. The summed E-state index contributed by atoms with van der Waals surface area (Å²) in [5.74, 6) is -0.0943. The van der Waals surface area contributed by atoms with Crippen molar-refractivity contribution in [3.05, 3.63) is 65.5 Å². The summed E-state index contributed by atoms with van der Waals surface area (Å²) in [6, 6.07) is 13.6. The van der Waals surface area contributed by atoms with Crippen LogP contribution in [-0.4, -0.2) is 62.6 Å². The topological polar surface area (TPSA) is 57.7 Å². The number of likely N-dealkylation sites (N-methyl/N-ethyl adjacent to an activating group) is 1. The second-order valence-electron chi connectivity index (χ2n) is 8.58. The third kappa shape index (κ3) is 6.87. The molecule has 0 bridgehead atoms. The molecule has 5 nitrogen and oxygen atoms in total. The molecule has 2 aromatic rings. The van der Waals surface area contributed by atoms with Crippen LogP contribution in [0.5, 0.6) is 0 Å². The normalized spacial score (nSPS) is 15.6. The van der Waals surface area contributed by atoms with E-state index in [-0.39, 0.29) is 29.1 Å². The first-order chi connectivity index (χ1) is 15.3. The maximum absolute atomic E-state index is 13.3. The van der Waals surface area contributed by atoms with E-state index < -0.39 is 9.84 Å². The summed E-state index contributed by atoms with van der Waals surface area (Å²) in [6.45, 7) is 5.58. The van der Waals surface area contributed by atoms with Crippen LogP contribution in [0.2, 0.25) is 0 Å². The Morgan fingerprint density at radius 2 is 1.78 bits per heavy atom. The van der Waals surface area contributed by atoms with Gasteiger partial charge < -0.3 is 9.80 Å². The second-order valence-corrected chi connectivity index (χ2v) is 10.6. The third-order valence-corrected chi connectivity index (χ3v) is 7.32. The number of amides is 1. The van der Waals surface area contributed by atoms with Crippen LogP contribution >= 0.6 is 0 Å². The minimum Gasteiger partial charge on any atom is -0.340 e. The summed E-state index contributed by atoms with van der Waals surface area (Å²) >= 11 is 0. The molecular weight excluding hydrogens is 427 g/mol. The minimum absolute atomic E-state index is 0.0872. The number of sulfone groups is 1. The molecule has 32 heavy (non-hydrogen) atoms. The summed E-state index contributed by atoms with van der Waals surface area (Å²) in [4.78, 5) is 17.6. The van der Waals surface area contributed by atoms with Gasteiger partial charge in [-0.1, -0.05) is 24.3 Å². The number of rotatable bonds is 9. The lowest BCUT2D eigenvalue weighted by atomic mass is 10.0. The molecule has 0 spiro atoms. The van der Waals surface area contributed by atoms with Crippen LogP contribution < -0.4 is 0 Å². The van der Waals surface area contributed by atoms with Crippen LogP contribution in [0.25, 0.3) is 0 Å². The second kappa shape index (κ2) is 11.1. The monoisotopic (exact) mass is 460 g/mol. The van der Waals surface area contributed by atoms with Crippen molar-refractivity contribution in [3.63, 3.8) is 0 Å². The van der Waals surface area contributed by atoms with Crippen LogP contribution in [0.15, 0.2) is 53.4 Å². The predicted octanol–water partition coefficient (Wildman–Crippen LogP) is 3.72. The van der Waals surface area contributed by atoms with Crippen molar-refractivity contribution in [2.45, 2.75) is 50.0 Å². The van der Waals surface area contributed by atoms with Crippen LogP contribution in [0.1, 0.15) is 37.3 Å². The van der Waals surface area contributed by atoms with Crippen LogP contribution in [-0.2, 0) is 27.5 Å². The molecule has 0 saturated carbocycles. The minimum atomic E-state index is -3.23. The first-order valence-corrected chi connectivity index (χ1v) is 13.2. The Kier molecular flexibility index (Phi) is 8.43. The Labute approximate surface area is 191 Å². The molecule has 0 radical (unpaired) electrons. The molecule has 3 rings (SSSR count). The molecule has 1 amide bonds. The molecule has 1 fully saturated rings. The number of piperidine rings is 1. The number of hydrogen-bond donors (Lipinski definition) is 0. The zero-order valence-electron chi connectivity index (χ0n) is 19.0. The van der Waals surface area contributed by atoms with Gasteiger partial charge in [-0.3, -0.25) is 4.79 Å². The average molecular weight is 461 g/mol. The maximum atomic E-state index is 13.3. The maximum Gasteiger partial charge on any atom is 0.227 e. The van der Waals surface area contributed by atoms with Crippen molar-refractivity contribution in [2.24, 2.45) is 0 Å². The van der Waals surface area contributed by atoms with E-state index in [1.165, 1.54) is 12.3 Å². The Bertz CT molecular complexity index is 1000. The van der Waals surface area contributed by atoms with Gasteiger partial charge in [-0.2, -0.15) is 0 Å². The third-order valence-electron chi connectivity index (χ3n) is 6.19. The fourth-order valence-electron chi connectivity index (χ4n) is 4.42. The summed E-state index contributed by atoms with van der Waals surface area (Å²) < 4.78 is 36.5. The van der Waals surface area contributed by atoms with E-state index in [4.69, 9.17) is 0 Å². The van der Waals surface area contributed by atoms with Crippen molar-refractivity contribution in [1.29, 1.82) is 0 Å². The molecule has 1 aliphatic rings. The van der Waals surface area contributed by atoms with Gasteiger partial charge in [0.25, 0.3) is 0 Å². The lowest BCUT2D eigenvalue weighted by Crippen LogP contribution is -2.48. The number of carbonyl (C=O) groups excluding carboxylic acids is 1. The summed E-state index contributed by atoms with van der Waals surface area (Å²) in [7, 11) is -3.23. The molecule has 0 aliphatic carbocycles. The van der Waals surface area contributed by atoms with Crippen molar-refractivity contribution in [3.8, 4) is 0 Å². The SMILES string of the molecule is CCN(C(=O)Cc1ccc(S(C)(=O)=O)cc1)C1CCN(CCCc2cccc(F)c2)CC1. The molecule has 0 N–H and O–H groups in total. The van der Waals surface area contributed by atoms with Crippen molar-refractivity contribution in [2.75, 3.05) is 32.4 Å². The lowest BCUT2D eigenvalue weighted by molar-refractivity contribution is -0.133. The van der Waals surface area contributed by atoms with Gasteiger partial charge in [0.15, 0.2) is 9.84 Å². The van der Waals surface area contributed by atoms with Gasteiger partial charge in [0, 0.05) is 31.9 Å². The van der Waals surface area contributed by atoms with E-state index in [2.05, 4.69) is 4.90 Å². The molecule has 0 aromatic heterocycles.